The van der Waals surface area contributed by atoms with Gasteiger partial charge in [0.05, 0.1) is 13.2 Å². The van der Waals surface area contributed by atoms with Gasteiger partial charge in [-0.05, 0) is 47.7 Å². The Bertz CT molecular complexity index is 857. The van der Waals surface area contributed by atoms with E-state index in [0.29, 0.717) is 11.5 Å². The zero-order chi connectivity index (χ0) is 18.5. The fourth-order valence-electron chi connectivity index (χ4n) is 3.13. The van der Waals surface area contributed by atoms with Crippen molar-refractivity contribution in [2.24, 2.45) is 0 Å². The van der Waals surface area contributed by atoms with Gasteiger partial charge in [0.2, 0.25) is 5.91 Å². The van der Waals surface area contributed by atoms with E-state index >= 15 is 0 Å². The van der Waals surface area contributed by atoms with Crippen molar-refractivity contribution < 1.29 is 19.1 Å². The number of ether oxygens (including phenoxy) is 2. The van der Waals surface area contributed by atoms with E-state index in [2.05, 4.69) is 17.4 Å². The number of methoxy groups -OCH3 is 1. The molecule has 1 aliphatic rings. The average Bonchev–Trinajstić information content (AvgIpc) is 3.03. The molecule has 0 saturated heterocycles. The summed E-state index contributed by atoms with van der Waals surface area (Å²) in [5.74, 6) is 0.204. The van der Waals surface area contributed by atoms with E-state index in [1.54, 1.807) is 24.3 Å². The van der Waals surface area contributed by atoms with Crippen molar-refractivity contribution in [3.8, 4) is 11.5 Å². The molecule has 2 aromatic carbocycles. The molecule has 2 aromatic rings. The third-order valence-electron chi connectivity index (χ3n) is 4.32. The first kappa shape index (κ1) is 17.7. The summed E-state index contributed by atoms with van der Waals surface area (Å²) in [6.07, 6.45) is 5.07. The van der Waals surface area contributed by atoms with Crippen LogP contribution in [0.1, 0.15) is 36.1 Å². The molecule has 0 aliphatic heterocycles. The molecule has 0 aromatic heterocycles. The van der Waals surface area contributed by atoms with Gasteiger partial charge < -0.3 is 14.8 Å². The predicted molar refractivity (Wildman–Crippen MR) is 99.0 cm³/mol. The second kappa shape index (κ2) is 7.87. The first-order valence-electron chi connectivity index (χ1n) is 8.49. The van der Waals surface area contributed by atoms with Gasteiger partial charge in [-0.15, -0.1) is 0 Å². The molecule has 1 atom stereocenters. The molecule has 3 rings (SSSR count). The molecule has 5 nitrogen and oxygen atoms in total. The molecule has 0 radical (unpaired) electrons. The monoisotopic (exact) mass is 351 g/mol. The standard InChI is InChI=1S/C21H21NO4/c1-14(23)26-20-13-15(7-11-19(20)25-2)8-12-21(24)22-18-10-9-16-5-3-4-6-17(16)18/h3-8,11-13,18H,9-10H2,1-2H3,(H,22,24)/b12-8+. The molecule has 1 amide bonds. The van der Waals surface area contributed by atoms with Crippen LogP contribution in [0, 0.1) is 0 Å². The first-order valence-corrected chi connectivity index (χ1v) is 8.49. The van der Waals surface area contributed by atoms with Crippen LogP contribution < -0.4 is 14.8 Å². The third kappa shape index (κ3) is 4.11. The molecule has 134 valence electrons. The van der Waals surface area contributed by atoms with Gasteiger partial charge in [-0.2, -0.15) is 0 Å². The molecule has 0 fully saturated rings. The van der Waals surface area contributed by atoms with E-state index in [4.69, 9.17) is 9.47 Å². The summed E-state index contributed by atoms with van der Waals surface area (Å²) in [6.45, 7) is 1.33. The van der Waals surface area contributed by atoms with Crippen LogP contribution in [0.5, 0.6) is 11.5 Å². The van der Waals surface area contributed by atoms with E-state index in [0.717, 1.165) is 18.4 Å². The Balaban J connectivity index is 1.68. The number of benzene rings is 2. The molecular formula is C21H21NO4. The largest absolute Gasteiger partial charge is 0.493 e. The van der Waals surface area contributed by atoms with Crippen molar-refractivity contribution in [2.75, 3.05) is 7.11 Å². The highest BCUT2D eigenvalue weighted by molar-refractivity contribution is 5.92. The number of rotatable bonds is 5. The number of hydrogen-bond acceptors (Lipinski definition) is 4. The van der Waals surface area contributed by atoms with Crippen molar-refractivity contribution in [3.63, 3.8) is 0 Å². The Hall–Kier alpha value is -3.08. The quantitative estimate of drug-likeness (QED) is 0.509. The molecular weight excluding hydrogens is 330 g/mol. The highest BCUT2D eigenvalue weighted by Gasteiger charge is 2.22. The second-order valence-corrected chi connectivity index (χ2v) is 6.14. The topological polar surface area (TPSA) is 64.6 Å². The number of fused-ring (bicyclic) bond motifs is 1. The SMILES string of the molecule is COc1ccc(/C=C/C(=O)NC2CCc3ccccc32)cc1OC(C)=O. The smallest absolute Gasteiger partial charge is 0.308 e. The second-order valence-electron chi connectivity index (χ2n) is 6.14. The average molecular weight is 351 g/mol. The molecule has 26 heavy (non-hydrogen) atoms. The van der Waals surface area contributed by atoms with Crippen molar-refractivity contribution in [3.05, 3.63) is 65.2 Å². The minimum atomic E-state index is -0.429. The Labute approximate surface area is 152 Å². The van der Waals surface area contributed by atoms with Crippen molar-refractivity contribution >= 4 is 18.0 Å². The van der Waals surface area contributed by atoms with Gasteiger partial charge in [0.25, 0.3) is 0 Å². The Morgan fingerprint density at radius 2 is 1.96 bits per heavy atom. The van der Waals surface area contributed by atoms with Gasteiger partial charge in [-0.3, -0.25) is 9.59 Å². The van der Waals surface area contributed by atoms with Crippen LogP contribution in [0.4, 0.5) is 0 Å². The minimum Gasteiger partial charge on any atom is -0.493 e. The number of carbonyl (C=O) groups is 2. The normalized spacial score (nSPS) is 15.5. The van der Waals surface area contributed by atoms with E-state index in [-0.39, 0.29) is 11.9 Å². The maximum atomic E-state index is 12.3. The molecule has 5 heteroatoms. The van der Waals surface area contributed by atoms with Gasteiger partial charge in [-0.1, -0.05) is 30.3 Å². The van der Waals surface area contributed by atoms with Crippen molar-refractivity contribution in [1.29, 1.82) is 0 Å². The lowest BCUT2D eigenvalue weighted by Gasteiger charge is -2.12. The summed E-state index contributed by atoms with van der Waals surface area (Å²) in [4.78, 5) is 23.5. The lowest BCUT2D eigenvalue weighted by molar-refractivity contribution is -0.132. The Morgan fingerprint density at radius 3 is 2.73 bits per heavy atom. The minimum absolute atomic E-state index is 0.0517. The van der Waals surface area contributed by atoms with Gasteiger partial charge in [-0.25, -0.2) is 0 Å². The zero-order valence-corrected chi connectivity index (χ0v) is 14.8. The molecule has 1 unspecified atom stereocenters. The van der Waals surface area contributed by atoms with Crippen LogP contribution in [0.2, 0.25) is 0 Å². The number of hydrogen-bond donors (Lipinski definition) is 1. The van der Waals surface area contributed by atoms with E-state index < -0.39 is 5.97 Å². The van der Waals surface area contributed by atoms with Crippen LogP contribution >= 0.6 is 0 Å². The summed E-state index contributed by atoms with van der Waals surface area (Å²) in [7, 11) is 1.50. The maximum Gasteiger partial charge on any atom is 0.308 e. The predicted octanol–water partition coefficient (Wildman–Crippen LogP) is 3.44. The van der Waals surface area contributed by atoms with E-state index in [1.807, 2.05) is 12.1 Å². The van der Waals surface area contributed by atoms with Crippen molar-refractivity contribution in [2.45, 2.75) is 25.8 Å². The van der Waals surface area contributed by atoms with Crippen LogP contribution in [0.3, 0.4) is 0 Å². The van der Waals surface area contributed by atoms with Crippen molar-refractivity contribution in [1.82, 2.24) is 5.32 Å². The van der Waals surface area contributed by atoms with Crippen LogP contribution in [-0.2, 0) is 16.0 Å². The van der Waals surface area contributed by atoms with Gasteiger partial charge >= 0.3 is 5.97 Å². The summed E-state index contributed by atoms with van der Waals surface area (Å²) in [6, 6.07) is 13.4. The summed E-state index contributed by atoms with van der Waals surface area (Å²) < 4.78 is 10.3. The first-order chi connectivity index (χ1) is 12.6. The summed E-state index contributed by atoms with van der Waals surface area (Å²) >= 11 is 0. The Morgan fingerprint density at radius 1 is 1.15 bits per heavy atom. The summed E-state index contributed by atoms with van der Waals surface area (Å²) in [5.41, 5.74) is 3.22. The van der Waals surface area contributed by atoms with E-state index in [1.165, 1.54) is 31.2 Å². The molecule has 1 aliphatic carbocycles. The molecule has 0 bridgehead atoms. The number of aryl methyl sites for hydroxylation is 1. The lowest BCUT2D eigenvalue weighted by Crippen LogP contribution is -2.25. The highest BCUT2D eigenvalue weighted by atomic mass is 16.6. The molecule has 0 heterocycles. The number of esters is 1. The van der Waals surface area contributed by atoms with E-state index in [9.17, 15) is 9.59 Å². The zero-order valence-electron chi connectivity index (χ0n) is 14.8. The lowest BCUT2D eigenvalue weighted by atomic mass is 10.1. The Kier molecular flexibility index (Phi) is 5.37. The maximum absolute atomic E-state index is 12.3. The van der Waals surface area contributed by atoms with Gasteiger partial charge in [0, 0.05) is 13.0 Å². The van der Waals surface area contributed by atoms with Gasteiger partial charge in [0.1, 0.15) is 0 Å². The number of amides is 1. The van der Waals surface area contributed by atoms with Crippen LogP contribution in [0.25, 0.3) is 6.08 Å². The molecule has 0 saturated carbocycles. The van der Waals surface area contributed by atoms with Gasteiger partial charge in [0.15, 0.2) is 11.5 Å². The highest BCUT2D eigenvalue weighted by Crippen LogP contribution is 2.31. The van der Waals surface area contributed by atoms with Crippen LogP contribution in [-0.4, -0.2) is 19.0 Å². The molecule has 0 spiro atoms. The fraction of sp³-hybridized carbons (Fsp3) is 0.238. The number of carbonyl (C=O) groups excluding carboxylic acids is 2. The summed E-state index contributed by atoms with van der Waals surface area (Å²) in [5, 5.41) is 3.04. The molecule has 1 N–H and O–H groups in total. The fourth-order valence-corrected chi connectivity index (χ4v) is 3.13. The number of nitrogens with one attached hydrogen (secondary N) is 1. The third-order valence-corrected chi connectivity index (χ3v) is 4.32. The van der Waals surface area contributed by atoms with Crippen LogP contribution in [0.15, 0.2) is 48.5 Å².